The van der Waals surface area contributed by atoms with Crippen molar-refractivity contribution in [2.75, 3.05) is 12.3 Å². The quantitative estimate of drug-likeness (QED) is 0.220. The van der Waals surface area contributed by atoms with E-state index in [9.17, 15) is 24.9 Å². The van der Waals surface area contributed by atoms with Crippen LogP contribution in [0.25, 0.3) is 17.1 Å². The standard InChI is InChI=1S/C18H22N8O7/c1-2-8(17(31)32)22-15(30)7-3-21-26(4-7)18-23-13(19)10-14(24-18)25(6-20-10)16-12(29)11(28)9(5-27)33-16/h3-4,6,8-9,11-12,16,27-29H,2,5H2,1H3,(H,22,30)(H,31,32)(H2,19,23,24)/t8?,9-,11-,12-,16-/m1/s1. The molecule has 1 unspecified atom stereocenters. The van der Waals surface area contributed by atoms with Crippen LogP contribution in [0.2, 0.25) is 0 Å². The first-order valence-electron chi connectivity index (χ1n) is 9.96. The zero-order valence-electron chi connectivity index (χ0n) is 17.3. The minimum atomic E-state index is -1.36. The number of nitrogen functional groups attached to an aromatic ring is 1. The molecular formula is C18H22N8O7. The Kier molecular flexibility index (Phi) is 5.94. The van der Waals surface area contributed by atoms with Gasteiger partial charge in [-0.25, -0.2) is 14.5 Å². The van der Waals surface area contributed by atoms with Crippen LogP contribution < -0.4 is 11.1 Å². The number of hydrogen-bond acceptors (Lipinski definition) is 11. The molecule has 1 aliphatic rings. The highest BCUT2D eigenvalue weighted by Gasteiger charge is 2.44. The second-order valence-corrected chi connectivity index (χ2v) is 7.41. The van der Waals surface area contributed by atoms with E-state index in [0.717, 1.165) is 0 Å². The highest BCUT2D eigenvalue weighted by atomic mass is 16.6. The van der Waals surface area contributed by atoms with Crippen molar-refractivity contribution in [1.29, 1.82) is 0 Å². The van der Waals surface area contributed by atoms with Gasteiger partial charge in [-0.2, -0.15) is 15.1 Å². The van der Waals surface area contributed by atoms with Gasteiger partial charge in [0.05, 0.1) is 24.7 Å². The third-order valence-electron chi connectivity index (χ3n) is 5.29. The SMILES string of the molecule is CCC(NC(=O)c1cnn(-c2nc(N)c3ncn([C@@H]4O[C@H](CO)[C@@H](O)[C@H]4O)c3n2)c1)C(=O)O. The van der Waals surface area contributed by atoms with Gasteiger partial charge < -0.3 is 36.2 Å². The van der Waals surface area contributed by atoms with Gasteiger partial charge in [0.25, 0.3) is 11.9 Å². The van der Waals surface area contributed by atoms with Gasteiger partial charge in [0.15, 0.2) is 17.7 Å². The Bertz CT molecular complexity index is 1190. The molecule has 3 aromatic heterocycles. The van der Waals surface area contributed by atoms with Gasteiger partial charge in [-0.3, -0.25) is 9.36 Å². The summed E-state index contributed by atoms with van der Waals surface area (Å²) >= 11 is 0. The van der Waals surface area contributed by atoms with Crippen LogP contribution in [0.4, 0.5) is 5.82 Å². The van der Waals surface area contributed by atoms with Crippen molar-refractivity contribution in [3.63, 3.8) is 0 Å². The molecule has 7 N–H and O–H groups in total. The molecule has 0 spiro atoms. The maximum absolute atomic E-state index is 12.4. The summed E-state index contributed by atoms with van der Waals surface area (Å²) in [7, 11) is 0. The van der Waals surface area contributed by atoms with Crippen molar-refractivity contribution in [3.05, 3.63) is 24.3 Å². The van der Waals surface area contributed by atoms with E-state index in [0.29, 0.717) is 0 Å². The van der Waals surface area contributed by atoms with E-state index in [1.807, 2.05) is 0 Å². The Morgan fingerprint density at radius 1 is 1.30 bits per heavy atom. The van der Waals surface area contributed by atoms with Crippen LogP contribution in [-0.2, 0) is 9.53 Å². The summed E-state index contributed by atoms with van der Waals surface area (Å²) in [5.41, 5.74) is 6.44. The minimum Gasteiger partial charge on any atom is -0.480 e. The van der Waals surface area contributed by atoms with E-state index < -0.39 is 49.1 Å². The van der Waals surface area contributed by atoms with Crippen molar-refractivity contribution in [2.45, 2.75) is 43.9 Å². The lowest BCUT2D eigenvalue weighted by Crippen LogP contribution is -2.40. The molecule has 176 valence electrons. The van der Waals surface area contributed by atoms with Crippen molar-refractivity contribution in [1.82, 2.24) is 34.6 Å². The first kappa shape index (κ1) is 22.5. The average Bonchev–Trinajstić information content (AvgIpc) is 3.50. The van der Waals surface area contributed by atoms with Gasteiger partial charge >= 0.3 is 5.97 Å². The summed E-state index contributed by atoms with van der Waals surface area (Å²) in [6, 6.07) is -1.05. The number of anilines is 1. The van der Waals surface area contributed by atoms with Crippen LogP contribution in [-0.4, -0.2) is 92.6 Å². The number of hydrogen-bond donors (Lipinski definition) is 6. The number of nitrogens with zero attached hydrogens (tertiary/aromatic N) is 6. The number of fused-ring (bicyclic) bond motifs is 1. The Balaban J connectivity index is 1.66. The summed E-state index contributed by atoms with van der Waals surface area (Å²) in [4.78, 5) is 36.1. The largest absolute Gasteiger partial charge is 0.480 e. The molecule has 4 heterocycles. The number of aliphatic hydroxyl groups is 3. The molecule has 1 aliphatic heterocycles. The number of rotatable bonds is 7. The molecule has 4 rings (SSSR count). The lowest BCUT2D eigenvalue weighted by atomic mass is 10.1. The molecule has 15 heteroatoms. The molecule has 33 heavy (non-hydrogen) atoms. The van der Waals surface area contributed by atoms with E-state index in [4.69, 9.17) is 15.6 Å². The summed E-state index contributed by atoms with van der Waals surface area (Å²) < 4.78 is 8.04. The van der Waals surface area contributed by atoms with Crippen LogP contribution in [0, 0.1) is 0 Å². The van der Waals surface area contributed by atoms with Gasteiger partial charge in [0.1, 0.15) is 29.9 Å². The molecular weight excluding hydrogens is 440 g/mol. The first-order valence-corrected chi connectivity index (χ1v) is 9.96. The van der Waals surface area contributed by atoms with E-state index >= 15 is 0 Å². The minimum absolute atomic E-state index is 0.0149. The number of aliphatic carboxylic acids is 1. The number of aromatic nitrogens is 6. The maximum atomic E-state index is 12.4. The normalized spacial score (nSPS) is 23.6. The second kappa shape index (κ2) is 8.70. The summed E-state index contributed by atoms with van der Waals surface area (Å²) in [6.45, 7) is 1.13. The first-order chi connectivity index (χ1) is 15.7. The van der Waals surface area contributed by atoms with Crippen LogP contribution >= 0.6 is 0 Å². The predicted molar refractivity (Wildman–Crippen MR) is 109 cm³/mol. The second-order valence-electron chi connectivity index (χ2n) is 7.41. The lowest BCUT2D eigenvalue weighted by molar-refractivity contribution is -0.139. The van der Waals surface area contributed by atoms with Crippen molar-refractivity contribution < 1.29 is 34.8 Å². The Labute approximate surface area is 185 Å². The van der Waals surface area contributed by atoms with Gasteiger partial charge in [0, 0.05) is 6.20 Å². The molecule has 0 aliphatic carbocycles. The topological polar surface area (TPSA) is 224 Å². The number of imidazole rings is 1. The van der Waals surface area contributed by atoms with Crippen molar-refractivity contribution in [3.8, 4) is 5.95 Å². The zero-order valence-corrected chi connectivity index (χ0v) is 17.3. The molecule has 5 atom stereocenters. The van der Waals surface area contributed by atoms with E-state index in [2.05, 4.69) is 25.4 Å². The fourth-order valence-electron chi connectivity index (χ4n) is 3.45. The number of carboxylic acid groups (broad SMARTS) is 1. The smallest absolute Gasteiger partial charge is 0.326 e. The number of aliphatic hydroxyl groups excluding tert-OH is 3. The van der Waals surface area contributed by atoms with Crippen molar-refractivity contribution >= 4 is 28.9 Å². The van der Waals surface area contributed by atoms with Crippen LogP contribution in [0.3, 0.4) is 0 Å². The van der Waals surface area contributed by atoms with Gasteiger partial charge in [-0.05, 0) is 6.42 Å². The summed E-state index contributed by atoms with van der Waals surface area (Å²) in [6.07, 6.45) is -0.735. The van der Waals surface area contributed by atoms with Crippen LogP contribution in [0.1, 0.15) is 29.9 Å². The van der Waals surface area contributed by atoms with E-state index in [-0.39, 0.29) is 34.9 Å². The Morgan fingerprint density at radius 2 is 2.06 bits per heavy atom. The number of ether oxygens (including phenoxy) is 1. The molecule has 3 aromatic rings. The van der Waals surface area contributed by atoms with Crippen LogP contribution in [0.5, 0.6) is 0 Å². The number of nitrogens with two attached hydrogens (primary N) is 1. The molecule has 0 saturated carbocycles. The summed E-state index contributed by atoms with van der Waals surface area (Å²) in [5, 5.41) is 45.2. The Morgan fingerprint density at radius 3 is 2.70 bits per heavy atom. The third-order valence-corrected chi connectivity index (χ3v) is 5.29. The molecule has 15 nitrogen and oxygen atoms in total. The van der Waals surface area contributed by atoms with Crippen LogP contribution in [0.15, 0.2) is 18.7 Å². The predicted octanol–water partition coefficient (Wildman–Crippen LogP) is -2.20. The Hall–Kier alpha value is -3.66. The lowest BCUT2D eigenvalue weighted by Gasteiger charge is -2.16. The molecule has 0 aromatic carbocycles. The number of carbonyl (C=O) groups is 2. The molecule has 1 saturated heterocycles. The van der Waals surface area contributed by atoms with Gasteiger partial charge in [-0.1, -0.05) is 6.92 Å². The molecule has 1 fully saturated rings. The highest BCUT2D eigenvalue weighted by molar-refractivity contribution is 5.96. The van der Waals surface area contributed by atoms with Gasteiger partial charge in [-0.15, -0.1) is 0 Å². The maximum Gasteiger partial charge on any atom is 0.326 e. The zero-order chi connectivity index (χ0) is 23.9. The third kappa shape index (κ3) is 3.97. The van der Waals surface area contributed by atoms with E-state index in [1.54, 1.807) is 6.92 Å². The monoisotopic (exact) mass is 462 g/mol. The fraction of sp³-hybridized carbons (Fsp3) is 0.444. The molecule has 0 radical (unpaired) electrons. The van der Waals surface area contributed by atoms with Gasteiger partial charge in [0.2, 0.25) is 0 Å². The number of carbonyl (C=O) groups excluding carboxylic acids is 1. The molecule has 0 bridgehead atoms. The molecule has 1 amide bonds. The number of nitrogens with one attached hydrogen (secondary N) is 1. The number of carboxylic acids is 1. The van der Waals surface area contributed by atoms with Crippen molar-refractivity contribution in [2.24, 2.45) is 0 Å². The highest BCUT2D eigenvalue weighted by Crippen LogP contribution is 2.32. The number of amides is 1. The van der Waals surface area contributed by atoms with E-state index in [1.165, 1.54) is 28.0 Å². The summed E-state index contributed by atoms with van der Waals surface area (Å²) in [5.74, 6) is -1.84. The fourth-order valence-corrected chi connectivity index (χ4v) is 3.45. The average molecular weight is 462 g/mol.